The molecule has 1 saturated carbocycles. The lowest BCUT2D eigenvalue weighted by atomic mass is 9.94. The van der Waals surface area contributed by atoms with Crippen molar-refractivity contribution in [2.24, 2.45) is 0 Å². The summed E-state index contributed by atoms with van der Waals surface area (Å²) in [5.41, 5.74) is 2.10. The lowest BCUT2D eigenvalue weighted by Gasteiger charge is -2.42. The molecule has 0 bridgehead atoms. The highest BCUT2D eigenvalue weighted by Gasteiger charge is 2.39. The van der Waals surface area contributed by atoms with Crippen LogP contribution < -0.4 is 5.32 Å². The number of nitrogens with one attached hydrogen (secondary N) is 1. The zero-order valence-corrected chi connectivity index (χ0v) is 15.8. The van der Waals surface area contributed by atoms with Crippen molar-refractivity contribution >= 4 is 24.8 Å². The summed E-state index contributed by atoms with van der Waals surface area (Å²) in [6.45, 7) is 2.70. The summed E-state index contributed by atoms with van der Waals surface area (Å²) >= 11 is 0. The molecule has 2 fully saturated rings. The zero-order valence-electron chi connectivity index (χ0n) is 14.8. The Kier molecular flexibility index (Phi) is 4.57. The Morgan fingerprint density at radius 3 is 2.50 bits per heavy atom. The molecule has 0 spiro atoms. The Hall–Kier alpha value is -1.42. The molecule has 1 saturated heterocycles. The maximum Gasteiger partial charge on any atom is 0.137 e. The summed E-state index contributed by atoms with van der Waals surface area (Å²) in [7, 11) is -0.954. The third-order valence-electron chi connectivity index (χ3n) is 6.59. The third kappa shape index (κ3) is 3.21. The monoisotopic (exact) mass is 339 g/mol. The molecule has 0 unspecified atom stereocenters. The molecule has 4 heteroatoms. The molecular formula is C20H29N3Si. The van der Waals surface area contributed by atoms with E-state index in [1.807, 2.05) is 6.07 Å². The summed E-state index contributed by atoms with van der Waals surface area (Å²) in [5, 5.41) is 4.87. The minimum Gasteiger partial charge on any atom is -0.367 e. The number of anilines is 1. The molecule has 3 nitrogen and oxygen atoms in total. The fraction of sp³-hybridized carbons (Fsp3) is 0.600. The van der Waals surface area contributed by atoms with Gasteiger partial charge in [0.1, 0.15) is 12.1 Å². The average molecular weight is 340 g/mol. The molecule has 1 aromatic heterocycles. The van der Waals surface area contributed by atoms with Crippen LogP contribution in [0.1, 0.15) is 44.9 Å². The van der Waals surface area contributed by atoms with Crippen LogP contribution >= 0.6 is 0 Å². The van der Waals surface area contributed by atoms with Gasteiger partial charge in [0, 0.05) is 11.4 Å². The molecule has 0 radical (unpaired) electrons. The van der Waals surface area contributed by atoms with Crippen LogP contribution in [0.15, 0.2) is 30.6 Å². The van der Waals surface area contributed by atoms with E-state index in [0.29, 0.717) is 6.04 Å². The summed E-state index contributed by atoms with van der Waals surface area (Å²) in [6.07, 6.45) is 11.7. The van der Waals surface area contributed by atoms with Crippen LogP contribution in [0.25, 0.3) is 10.9 Å². The maximum atomic E-state index is 4.51. The first kappa shape index (κ1) is 16.1. The molecule has 1 aliphatic heterocycles. The molecule has 0 atom stereocenters. The first-order valence-electron chi connectivity index (χ1n) is 9.71. The minimum absolute atomic E-state index is 0.584. The van der Waals surface area contributed by atoms with Crippen LogP contribution in [0.3, 0.4) is 0 Å². The van der Waals surface area contributed by atoms with Crippen LogP contribution in [0.4, 0.5) is 5.82 Å². The van der Waals surface area contributed by atoms with Gasteiger partial charge in [0.25, 0.3) is 0 Å². The number of rotatable bonds is 3. The van der Waals surface area contributed by atoms with E-state index in [0.717, 1.165) is 22.3 Å². The molecule has 2 heterocycles. The minimum atomic E-state index is -0.954. The molecule has 1 aliphatic carbocycles. The van der Waals surface area contributed by atoms with Crippen molar-refractivity contribution in [2.45, 2.75) is 75.2 Å². The maximum absolute atomic E-state index is 4.51. The fourth-order valence-corrected chi connectivity index (χ4v) is 9.92. The lowest BCUT2D eigenvalue weighted by Crippen LogP contribution is -2.41. The second-order valence-electron chi connectivity index (χ2n) is 8.15. The van der Waals surface area contributed by atoms with Crippen molar-refractivity contribution in [2.75, 3.05) is 5.32 Å². The average Bonchev–Trinajstić information content (AvgIpc) is 2.63. The molecule has 4 rings (SSSR count). The highest BCUT2D eigenvalue weighted by Crippen LogP contribution is 2.45. The Balaban J connectivity index is 1.41. The highest BCUT2D eigenvalue weighted by molar-refractivity contribution is 6.80. The number of para-hydroxylation sites is 1. The first-order chi connectivity index (χ1) is 11.7. The molecular weight excluding hydrogens is 310 g/mol. The quantitative estimate of drug-likeness (QED) is 0.738. The van der Waals surface area contributed by atoms with Crippen molar-refractivity contribution in [1.82, 2.24) is 9.97 Å². The van der Waals surface area contributed by atoms with Crippen molar-refractivity contribution in [1.29, 1.82) is 0 Å². The van der Waals surface area contributed by atoms with Gasteiger partial charge in [-0.2, -0.15) is 0 Å². The van der Waals surface area contributed by atoms with Gasteiger partial charge in [-0.1, -0.05) is 62.9 Å². The van der Waals surface area contributed by atoms with E-state index in [1.54, 1.807) is 18.4 Å². The fourth-order valence-electron chi connectivity index (χ4n) is 5.02. The Morgan fingerprint density at radius 1 is 0.958 bits per heavy atom. The number of nitrogens with zero attached hydrogens (tertiary/aromatic N) is 2. The molecule has 2 aliphatic rings. The highest BCUT2D eigenvalue weighted by atomic mass is 28.3. The standard InChI is InChI=1S/C20H29N3Si/c1-24(13-5-2-6-14-24)17-11-9-16(10-12-17)23-20-18-7-3-4-8-19(18)21-15-22-20/h3-4,7-8,15-17H,2,5-6,9-14H2,1H3,(H,21,22,23). The zero-order chi connectivity index (χ0) is 16.4. The molecule has 24 heavy (non-hydrogen) atoms. The summed E-state index contributed by atoms with van der Waals surface area (Å²) < 4.78 is 0. The van der Waals surface area contributed by atoms with Crippen LogP contribution in [-0.2, 0) is 0 Å². The Labute approximate surface area is 146 Å². The van der Waals surface area contributed by atoms with Gasteiger partial charge >= 0.3 is 0 Å². The van der Waals surface area contributed by atoms with E-state index < -0.39 is 8.07 Å². The van der Waals surface area contributed by atoms with Gasteiger partial charge < -0.3 is 5.32 Å². The van der Waals surface area contributed by atoms with Crippen molar-refractivity contribution in [3.05, 3.63) is 30.6 Å². The largest absolute Gasteiger partial charge is 0.367 e. The van der Waals surface area contributed by atoms with E-state index in [2.05, 4.69) is 40.0 Å². The topological polar surface area (TPSA) is 37.8 Å². The van der Waals surface area contributed by atoms with Crippen molar-refractivity contribution in [3.63, 3.8) is 0 Å². The number of aromatic nitrogens is 2. The van der Waals surface area contributed by atoms with Crippen molar-refractivity contribution in [3.8, 4) is 0 Å². The van der Waals surface area contributed by atoms with Crippen molar-refractivity contribution < 1.29 is 0 Å². The lowest BCUT2D eigenvalue weighted by molar-refractivity contribution is 0.446. The summed E-state index contributed by atoms with van der Waals surface area (Å²) in [6, 6.07) is 12.1. The van der Waals surface area contributed by atoms with Gasteiger partial charge in [0.05, 0.1) is 13.6 Å². The normalized spacial score (nSPS) is 27.0. The van der Waals surface area contributed by atoms with E-state index >= 15 is 0 Å². The van der Waals surface area contributed by atoms with Gasteiger partial charge in [-0.15, -0.1) is 0 Å². The molecule has 0 amide bonds. The van der Waals surface area contributed by atoms with Gasteiger partial charge in [-0.05, 0) is 30.5 Å². The number of hydrogen-bond donors (Lipinski definition) is 1. The predicted molar refractivity (Wildman–Crippen MR) is 104 cm³/mol. The summed E-state index contributed by atoms with van der Waals surface area (Å²) in [5.74, 6) is 1.02. The van der Waals surface area contributed by atoms with Crippen LogP contribution in [0.5, 0.6) is 0 Å². The van der Waals surface area contributed by atoms with E-state index in [-0.39, 0.29) is 0 Å². The van der Waals surface area contributed by atoms with E-state index in [9.17, 15) is 0 Å². The molecule has 128 valence electrons. The first-order valence-corrected chi connectivity index (χ1v) is 12.7. The van der Waals surface area contributed by atoms with Crippen LogP contribution in [0.2, 0.25) is 24.2 Å². The Bertz CT molecular complexity index is 683. The number of fused-ring (bicyclic) bond motifs is 1. The molecule has 1 N–H and O–H groups in total. The van der Waals surface area contributed by atoms with Gasteiger partial charge in [-0.25, -0.2) is 9.97 Å². The molecule has 2 aromatic rings. The third-order valence-corrected chi connectivity index (χ3v) is 12.1. The molecule has 1 aromatic carbocycles. The summed E-state index contributed by atoms with van der Waals surface area (Å²) in [4.78, 5) is 8.88. The number of hydrogen-bond acceptors (Lipinski definition) is 3. The van der Waals surface area contributed by atoms with Crippen LogP contribution in [-0.4, -0.2) is 24.1 Å². The smallest absolute Gasteiger partial charge is 0.137 e. The second kappa shape index (κ2) is 6.83. The van der Waals surface area contributed by atoms with Gasteiger partial charge in [0.15, 0.2) is 0 Å². The number of benzene rings is 1. The van der Waals surface area contributed by atoms with Crippen LogP contribution in [0, 0.1) is 0 Å². The van der Waals surface area contributed by atoms with Gasteiger partial charge in [0.2, 0.25) is 0 Å². The Morgan fingerprint density at radius 2 is 1.71 bits per heavy atom. The van der Waals surface area contributed by atoms with E-state index in [4.69, 9.17) is 0 Å². The van der Waals surface area contributed by atoms with E-state index in [1.165, 1.54) is 44.9 Å². The predicted octanol–water partition coefficient (Wildman–Crippen LogP) is 5.62. The SMILES string of the molecule is C[Si]1(C2CCC(Nc3ncnc4ccccc34)CC2)CCCCC1. The second-order valence-corrected chi connectivity index (χ2v) is 13.3. The van der Waals surface area contributed by atoms with Gasteiger partial charge in [-0.3, -0.25) is 0 Å².